The van der Waals surface area contributed by atoms with Crippen molar-refractivity contribution in [3.8, 4) is 29.1 Å². The van der Waals surface area contributed by atoms with Gasteiger partial charge in [0.25, 0.3) is 40.5 Å². The largest absolute Gasteiger partial charge is 0.339 e. The molecule has 0 saturated carbocycles. The van der Waals surface area contributed by atoms with Crippen LogP contribution in [0.3, 0.4) is 0 Å². The maximum atomic E-state index is 12.3. The molecule has 29 heteroatoms. The van der Waals surface area contributed by atoms with Gasteiger partial charge in [-0.05, 0) is 73.7 Å². The molecule has 4 aromatic carbocycles. The second-order valence-electron chi connectivity index (χ2n) is 13.4. The van der Waals surface area contributed by atoms with Crippen molar-refractivity contribution in [3.63, 3.8) is 0 Å². The van der Waals surface area contributed by atoms with Gasteiger partial charge < -0.3 is 10.6 Å². The lowest BCUT2D eigenvalue weighted by molar-refractivity contribution is 0.477. The van der Waals surface area contributed by atoms with E-state index in [1.54, 1.807) is 30.3 Å². The second kappa shape index (κ2) is 18.3. The van der Waals surface area contributed by atoms with Crippen molar-refractivity contribution in [1.29, 1.82) is 10.5 Å². The summed E-state index contributed by atoms with van der Waals surface area (Å²) in [6.45, 7) is 1.51. The number of hydrogen-bond donors (Lipinski definition) is 6. The van der Waals surface area contributed by atoms with Gasteiger partial charge in [-0.2, -0.15) is 49.3 Å². The number of aromatic nitrogens is 4. The van der Waals surface area contributed by atoms with Crippen molar-refractivity contribution in [2.45, 2.75) is 26.5 Å². The zero-order chi connectivity index (χ0) is 48.5. The van der Waals surface area contributed by atoms with E-state index < -0.39 is 71.6 Å². The van der Waals surface area contributed by atoms with Gasteiger partial charge in [-0.3, -0.25) is 18.2 Å². The minimum Gasteiger partial charge on any atom is -0.339 e. The molecule has 0 aliphatic carbocycles. The predicted molar refractivity (Wildman–Crippen MR) is 237 cm³/mol. The summed E-state index contributed by atoms with van der Waals surface area (Å²) < 4.78 is 135. The Hall–Kier alpha value is -7.71. The highest BCUT2D eigenvalue weighted by atomic mass is 32.2. The number of anilines is 4. The number of thiazole rings is 1. The van der Waals surface area contributed by atoms with Gasteiger partial charge in [0.15, 0.2) is 22.5 Å². The van der Waals surface area contributed by atoms with Gasteiger partial charge in [0.05, 0.1) is 32.1 Å². The van der Waals surface area contributed by atoms with Crippen LogP contribution in [-0.2, 0) is 40.5 Å². The van der Waals surface area contributed by atoms with Gasteiger partial charge in [-0.1, -0.05) is 41.7 Å². The molecule has 0 saturated heterocycles. The Morgan fingerprint density at radius 2 is 1.21 bits per heavy atom. The third-order valence-electron chi connectivity index (χ3n) is 9.07. The summed E-state index contributed by atoms with van der Waals surface area (Å²) in [5, 5.41) is 47.2. The van der Waals surface area contributed by atoms with Gasteiger partial charge in [-0.15, -0.1) is 20.5 Å². The van der Waals surface area contributed by atoms with Crippen LogP contribution in [0.15, 0.2) is 143 Å². The van der Waals surface area contributed by atoms with E-state index in [1.165, 1.54) is 31.2 Å². The van der Waals surface area contributed by atoms with Crippen LogP contribution in [0.5, 0.6) is 0 Å². The average Bonchev–Trinajstić information content (AvgIpc) is 3.88. The van der Waals surface area contributed by atoms with Crippen LogP contribution in [0.1, 0.15) is 16.7 Å². The molecule has 0 bridgehead atoms. The zero-order valence-electron chi connectivity index (χ0n) is 33.4. The van der Waals surface area contributed by atoms with E-state index in [9.17, 15) is 62.4 Å². The second-order valence-corrected chi connectivity index (χ2v) is 20.0. The monoisotopic (exact) mass is 1000 g/mol. The van der Waals surface area contributed by atoms with E-state index in [1.807, 2.05) is 12.1 Å². The molecule has 0 radical (unpaired) electrons. The minimum atomic E-state index is -5.06. The fourth-order valence-electron chi connectivity index (χ4n) is 5.94. The Bertz CT molecular complexity index is 3720. The summed E-state index contributed by atoms with van der Waals surface area (Å²) in [5.41, 5.74) is 0.334. The van der Waals surface area contributed by atoms with Gasteiger partial charge in [-0.25, -0.2) is 14.6 Å². The lowest BCUT2D eigenvalue weighted by Gasteiger charge is -2.16. The van der Waals surface area contributed by atoms with Crippen LogP contribution in [0, 0.1) is 29.6 Å². The first-order chi connectivity index (χ1) is 31.5. The van der Waals surface area contributed by atoms with Gasteiger partial charge in [0.2, 0.25) is 5.13 Å². The van der Waals surface area contributed by atoms with Crippen LogP contribution in [0.4, 0.5) is 44.6 Å². The van der Waals surface area contributed by atoms with Crippen molar-refractivity contribution in [1.82, 2.24) is 19.7 Å². The highest BCUT2D eigenvalue weighted by Gasteiger charge is 2.25. The first-order valence-corrected chi connectivity index (χ1v) is 24.7. The normalized spacial score (nSPS) is 12.3. The molecule has 7 aromatic rings. The van der Waals surface area contributed by atoms with Gasteiger partial charge in [0, 0.05) is 22.5 Å². The van der Waals surface area contributed by atoms with E-state index in [2.05, 4.69) is 46.2 Å². The fraction of sp³-hybridized carbons (Fsp3) is 0.0263. The molecule has 7 rings (SSSR count). The maximum Gasteiger partial charge on any atom is 0.296 e. The number of nitrogens with zero attached hydrogens (tertiary/aromatic N) is 10. The van der Waals surface area contributed by atoms with Crippen LogP contribution < -0.4 is 10.6 Å². The third kappa shape index (κ3) is 10.6. The number of hydrogen-bond acceptors (Lipinski definition) is 20. The molecule has 24 nitrogen and oxygen atoms in total. The summed E-state index contributed by atoms with van der Waals surface area (Å²) in [6, 6.07) is 24.1. The lowest BCUT2D eigenvalue weighted by atomic mass is 10.1. The molecular weight excluding hydrogens is 977 g/mol. The topological polar surface area (TPSA) is 382 Å². The van der Waals surface area contributed by atoms with E-state index >= 15 is 0 Å². The Morgan fingerprint density at radius 1 is 0.642 bits per heavy atom. The van der Waals surface area contributed by atoms with E-state index in [0.717, 1.165) is 47.9 Å². The Balaban J connectivity index is 1.34. The fourth-order valence-corrected chi connectivity index (χ4v) is 8.78. The molecule has 6 N–H and O–H groups in total. The molecule has 67 heavy (non-hydrogen) atoms. The summed E-state index contributed by atoms with van der Waals surface area (Å²) in [4.78, 5) is 6.67. The van der Waals surface area contributed by atoms with Gasteiger partial charge >= 0.3 is 0 Å². The average molecular weight is 1000 g/mol. The summed E-state index contributed by atoms with van der Waals surface area (Å²) >= 11 is 0.809. The van der Waals surface area contributed by atoms with Crippen molar-refractivity contribution in [2.75, 3.05) is 10.6 Å². The molecule has 3 heterocycles. The first kappa shape index (κ1) is 47.3. The van der Waals surface area contributed by atoms with E-state index in [4.69, 9.17) is 0 Å². The van der Waals surface area contributed by atoms with E-state index in [0.29, 0.717) is 22.4 Å². The molecule has 0 atom stereocenters. The van der Waals surface area contributed by atoms with Crippen molar-refractivity contribution in [2.24, 2.45) is 20.5 Å². The quantitative estimate of drug-likeness (QED) is 0.0448. The standard InChI is InChI=1S/C38H26N12O12S5/c1-21-29(19-40)34(42-24-7-11-26(12-8-24)64(51,52)53)45-35(43-25-9-13-27(14-10-25)65(54,55)56)32(21)46-49-38-44-33(22-5-3-2-4-6-22)37(63-38)48-47-36-23(18-39)20-41-50(36)30-17-28(66(57,58)59)15-16-31(30)67(60,61)62/h2-17,20H,1H3,(H2,42,43,45)(H,51,52,53)(H,54,55,56)(H,57,58,59)(H,60,61,62)/b48-47-,49-46?. The smallest absolute Gasteiger partial charge is 0.296 e. The molecule has 0 fully saturated rings. The van der Waals surface area contributed by atoms with Crippen LogP contribution in [-0.4, -0.2) is 71.6 Å². The summed E-state index contributed by atoms with van der Waals surface area (Å²) in [6.07, 6.45) is 0.966. The van der Waals surface area contributed by atoms with Gasteiger partial charge in [0.1, 0.15) is 34.0 Å². The predicted octanol–water partition coefficient (Wildman–Crippen LogP) is 7.75. The third-order valence-corrected chi connectivity index (χ3v) is 13.4. The lowest BCUT2D eigenvalue weighted by Crippen LogP contribution is -2.09. The molecule has 3 aromatic heterocycles. The maximum absolute atomic E-state index is 12.3. The molecule has 0 spiro atoms. The molecular formula is C38H26N12O12S5. The van der Waals surface area contributed by atoms with Crippen LogP contribution >= 0.6 is 11.3 Å². The molecule has 0 aliphatic rings. The van der Waals surface area contributed by atoms with Crippen LogP contribution in [0.2, 0.25) is 0 Å². The molecule has 0 aliphatic heterocycles. The Kier molecular flexibility index (Phi) is 12.9. The minimum absolute atomic E-state index is 0.0304. The molecule has 0 amide bonds. The Labute approximate surface area is 383 Å². The summed E-state index contributed by atoms with van der Waals surface area (Å²) in [5.74, 6) is -0.552. The highest BCUT2D eigenvalue weighted by molar-refractivity contribution is 7.86. The number of benzene rings is 4. The van der Waals surface area contributed by atoms with Crippen molar-refractivity contribution in [3.05, 3.63) is 120 Å². The van der Waals surface area contributed by atoms with E-state index in [-0.39, 0.29) is 61.2 Å². The van der Waals surface area contributed by atoms with Crippen LogP contribution in [0.25, 0.3) is 16.9 Å². The first-order valence-electron chi connectivity index (χ1n) is 18.2. The van der Waals surface area contributed by atoms with Crippen molar-refractivity contribution < 1.29 is 51.9 Å². The number of rotatable bonds is 14. The number of nitrogens with one attached hydrogen (secondary N) is 2. The number of nitriles is 2. The molecule has 0 unspecified atom stereocenters. The Morgan fingerprint density at radius 3 is 1.75 bits per heavy atom. The highest BCUT2D eigenvalue weighted by Crippen LogP contribution is 2.43. The number of pyridine rings is 1. The summed E-state index contributed by atoms with van der Waals surface area (Å²) in [7, 11) is -19.1. The SMILES string of the molecule is Cc1c(C#N)c(Nc2ccc(S(=O)(=O)O)cc2)nc(Nc2ccc(S(=O)(=O)O)cc2)c1N=Nc1nc(-c2ccccc2)c(/N=N\c2c(C#N)cnn2-c2cc(S(=O)(=O)O)ccc2S(=O)(=O)O)s1. The molecule has 340 valence electrons. The van der Waals surface area contributed by atoms with Crippen molar-refractivity contribution >= 4 is 96.5 Å². The number of azo groups is 2. The zero-order valence-corrected chi connectivity index (χ0v) is 37.5.